The molecule has 5 nitrogen and oxygen atoms in total. The van der Waals surface area contributed by atoms with Crippen molar-refractivity contribution in [3.8, 4) is 0 Å². The first-order valence-electron chi connectivity index (χ1n) is 7.85. The van der Waals surface area contributed by atoms with Gasteiger partial charge in [-0.05, 0) is 39.5 Å². The second-order valence-corrected chi connectivity index (χ2v) is 6.96. The molecule has 0 aromatic carbocycles. The van der Waals surface area contributed by atoms with Gasteiger partial charge in [0.25, 0.3) is 0 Å². The molecule has 0 radical (unpaired) electrons. The van der Waals surface area contributed by atoms with E-state index in [1.54, 1.807) is 6.92 Å². The number of hydrogen-bond donors (Lipinski definition) is 2. The Labute approximate surface area is 122 Å². The van der Waals surface area contributed by atoms with Crippen LogP contribution in [0.2, 0.25) is 0 Å². The van der Waals surface area contributed by atoms with Crippen molar-refractivity contribution in [3.63, 3.8) is 0 Å². The van der Waals surface area contributed by atoms with Crippen LogP contribution in [0.3, 0.4) is 0 Å². The second-order valence-electron chi connectivity index (χ2n) is 6.96. The van der Waals surface area contributed by atoms with E-state index in [0.29, 0.717) is 6.54 Å². The zero-order chi connectivity index (χ0) is 14.8. The molecule has 1 saturated heterocycles. The molecule has 0 bridgehead atoms. The number of rotatable bonds is 7. The third kappa shape index (κ3) is 4.43. The van der Waals surface area contributed by atoms with E-state index >= 15 is 0 Å². The molecule has 1 unspecified atom stereocenters. The summed E-state index contributed by atoms with van der Waals surface area (Å²) < 4.78 is 0. The molecule has 1 heterocycles. The van der Waals surface area contributed by atoms with Gasteiger partial charge < -0.3 is 10.0 Å². The van der Waals surface area contributed by atoms with Crippen LogP contribution in [0.15, 0.2) is 0 Å². The summed E-state index contributed by atoms with van der Waals surface area (Å²) >= 11 is 0. The molecule has 20 heavy (non-hydrogen) atoms. The smallest absolute Gasteiger partial charge is 0.324 e. The first-order chi connectivity index (χ1) is 9.39. The van der Waals surface area contributed by atoms with Gasteiger partial charge in [-0.1, -0.05) is 0 Å². The van der Waals surface area contributed by atoms with Crippen molar-refractivity contribution in [3.05, 3.63) is 0 Å². The summed E-state index contributed by atoms with van der Waals surface area (Å²) in [6.45, 7) is 11.7. The summed E-state index contributed by atoms with van der Waals surface area (Å²) in [5.41, 5.74) is -0.854. The predicted molar refractivity (Wildman–Crippen MR) is 79.9 cm³/mol. The molecule has 1 atom stereocenters. The van der Waals surface area contributed by atoms with Crippen LogP contribution in [-0.2, 0) is 4.79 Å². The predicted octanol–water partition coefficient (Wildman–Crippen LogP) is 0.855. The highest BCUT2D eigenvalue weighted by atomic mass is 16.4. The van der Waals surface area contributed by atoms with Crippen molar-refractivity contribution in [2.45, 2.75) is 45.2 Å². The molecule has 2 N–H and O–H groups in total. The van der Waals surface area contributed by atoms with Crippen LogP contribution < -0.4 is 5.32 Å². The second kappa shape index (κ2) is 6.41. The number of aliphatic carboxylic acids is 1. The van der Waals surface area contributed by atoms with E-state index in [-0.39, 0.29) is 6.04 Å². The number of piperazine rings is 1. The summed E-state index contributed by atoms with van der Waals surface area (Å²) in [6, 6.07) is 0.173. The molecule has 0 aromatic heterocycles. The normalized spacial score (nSPS) is 24.8. The van der Waals surface area contributed by atoms with E-state index < -0.39 is 11.5 Å². The van der Waals surface area contributed by atoms with Gasteiger partial charge >= 0.3 is 5.97 Å². The molecule has 1 aliphatic carbocycles. The average Bonchev–Trinajstić information content (AvgIpc) is 3.14. The molecular weight excluding hydrogens is 254 g/mol. The summed E-state index contributed by atoms with van der Waals surface area (Å²) in [5, 5.41) is 12.7. The number of carbonyl (C=O) groups is 1. The largest absolute Gasteiger partial charge is 0.480 e. The number of hydrogen-bond acceptors (Lipinski definition) is 4. The van der Waals surface area contributed by atoms with Crippen molar-refractivity contribution in [1.82, 2.24) is 15.1 Å². The van der Waals surface area contributed by atoms with E-state index in [9.17, 15) is 9.90 Å². The van der Waals surface area contributed by atoms with Crippen LogP contribution in [0.1, 0.15) is 33.6 Å². The minimum Gasteiger partial charge on any atom is -0.480 e. The van der Waals surface area contributed by atoms with E-state index in [2.05, 4.69) is 15.1 Å². The Hall–Kier alpha value is -0.650. The van der Waals surface area contributed by atoms with Gasteiger partial charge in [-0.2, -0.15) is 0 Å². The number of carboxylic acids is 1. The molecule has 0 aromatic rings. The Morgan fingerprint density at radius 2 is 1.80 bits per heavy atom. The van der Waals surface area contributed by atoms with Gasteiger partial charge in [0.05, 0.1) is 0 Å². The first kappa shape index (κ1) is 15.7. The standard InChI is InChI=1S/C15H29N3O2/c1-12(2)16-15(3,14(19)20)11-18-8-6-17(7-9-18)10-13-4-5-13/h12-13,16H,4-11H2,1-3H3,(H,19,20). The monoisotopic (exact) mass is 283 g/mol. The fourth-order valence-corrected chi connectivity index (χ4v) is 3.05. The van der Waals surface area contributed by atoms with Gasteiger partial charge in [-0.3, -0.25) is 15.0 Å². The number of nitrogens with one attached hydrogen (secondary N) is 1. The van der Waals surface area contributed by atoms with Crippen molar-refractivity contribution in [2.24, 2.45) is 5.92 Å². The number of nitrogens with zero attached hydrogens (tertiary/aromatic N) is 2. The van der Waals surface area contributed by atoms with Gasteiger partial charge in [0.15, 0.2) is 0 Å². The maximum Gasteiger partial charge on any atom is 0.324 e. The minimum atomic E-state index is -0.854. The van der Waals surface area contributed by atoms with Crippen LogP contribution in [-0.4, -0.2) is 71.7 Å². The molecule has 5 heteroatoms. The highest BCUT2D eigenvalue weighted by Crippen LogP contribution is 2.30. The maximum absolute atomic E-state index is 11.5. The number of carboxylic acid groups (broad SMARTS) is 1. The van der Waals surface area contributed by atoms with Crippen LogP contribution in [0.5, 0.6) is 0 Å². The Morgan fingerprint density at radius 1 is 1.25 bits per heavy atom. The van der Waals surface area contributed by atoms with Gasteiger partial charge in [-0.15, -0.1) is 0 Å². The van der Waals surface area contributed by atoms with Crippen molar-refractivity contribution >= 4 is 5.97 Å². The Kier molecular flexibility index (Phi) is 5.04. The van der Waals surface area contributed by atoms with E-state index in [0.717, 1.165) is 32.1 Å². The summed E-state index contributed by atoms with van der Waals surface area (Å²) in [6.07, 6.45) is 2.80. The lowest BCUT2D eigenvalue weighted by Gasteiger charge is -2.39. The molecule has 2 aliphatic rings. The summed E-state index contributed by atoms with van der Waals surface area (Å²) in [5.74, 6) is 0.181. The first-order valence-corrected chi connectivity index (χ1v) is 7.85. The molecule has 2 rings (SSSR count). The highest BCUT2D eigenvalue weighted by molar-refractivity contribution is 5.78. The van der Waals surface area contributed by atoms with Crippen LogP contribution >= 0.6 is 0 Å². The molecule has 1 saturated carbocycles. The van der Waals surface area contributed by atoms with Crippen molar-refractivity contribution < 1.29 is 9.90 Å². The van der Waals surface area contributed by atoms with Crippen LogP contribution in [0.25, 0.3) is 0 Å². The SMILES string of the molecule is CC(C)NC(C)(CN1CCN(CC2CC2)CC1)C(=O)O. The Bertz CT molecular complexity index is 336. The van der Waals surface area contributed by atoms with E-state index in [1.165, 1.54) is 19.4 Å². The Morgan fingerprint density at radius 3 is 2.25 bits per heavy atom. The molecule has 1 aliphatic heterocycles. The molecule has 2 fully saturated rings. The van der Waals surface area contributed by atoms with Gasteiger partial charge in [0, 0.05) is 45.3 Å². The summed E-state index contributed by atoms with van der Waals surface area (Å²) in [4.78, 5) is 16.4. The highest BCUT2D eigenvalue weighted by Gasteiger charge is 2.36. The van der Waals surface area contributed by atoms with E-state index in [4.69, 9.17) is 0 Å². The van der Waals surface area contributed by atoms with Crippen molar-refractivity contribution in [1.29, 1.82) is 0 Å². The fraction of sp³-hybridized carbons (Fsp3) is 0.933. The molecule has 0 spiro atoms. The quantitative estimate of drug-likeness (QED) is 0.726. The van der Waals surface area contributed by atoms with E-state index in [1.807, 2.05) is 13.8 Å². The lowest BCUT2D eigenvalue weighted by atomic mass is 10.00. The molecule has 116 valence electrons. The summed E-state index contributed by atoms with van der Waals surface area (Å²) in [7, 11) is 0. The maximum atomic E-state index is 11.5. The Balaban J connectivity index is 1.80. The van der Waals surface area contributed by atoms with Crippen LogP contribution in [0, 0.1) is 5.92 Å². The molecule has 0 amide bonds. The zero-order valence-corrected chi connectivity index (χ0v) is 13.1. The fourth-order valence-electron chi connectivity index (χ4n) is 3.05. The average molecular weight is 283 g/mol. The van der Waals surface area contributed by atoms with Crippen LogP contribution in [0.4, 0.5) is 0 Å². The lowest BCUT2D eigenvalue weighted by Crippen LogP contribution is -2.61. The van der Waals surface area contributed by atoms with Gasteiger partial charge in [-0.25, -0.2) is 0 Å². The third-order valence-electron chi connectivity index (χ3n) is 4.30. The third-order valence-corrected chi connectivity index (χ3v) is 4.30. The topological polar surface area (TPSA) is 55.8 Å². The lowest BCUT2D eigenvalue weighted by molar-refractivity contribution is -0.145. The van der Waals surface area contributed by atoms with Gasteiger partial charge in [0.2, 0.25) is 0 Å². The minimum absolute atomic E-state index is 0.173. The molecular formula is C15H29N3O2. The zero-order valence-electron chi connectivity index (χ0n) is 13.1. The van der Waals surface area contributed by atoms with Gasteiger partial charge in [0.1, 0.15) is 5.54 Å². The van der Waals surface area contributed by atoms with Crippen molar-refractivity contribution in [2.75, 3.05) is 39.3 Å².